The number of carbonyl (C=O) groups excluding carboxylic acids is 1. The predicted molar refractivity (Wildman–Crippen MR) is 97.2 cm³/mol. The highest BCUT2D eigenvalue weighted by Crippen LogP contribution is 2.22. The summed E-state index contributed by atoms with van der Waals surface area (Å²) in [6.07, 6.45) is 1.90. The van der Waals surface area contributed by atoms with Gasteiger partial charge in [-0.2, -0.15) is 0 Å². The molecular formula is C19H20BrFN2O. The third-order valence-electron chi connectivity index (χ3n) is 4.29. The highest BCUT2D eigenvalue weighted by Gasteiger charge is 2.25. The SMILES string of the molecule is O=C(Nc1cccc(Br)c1)[C@@H]1CCCN(Cc2ccc(F)cc2)C1. The highest BCUT2D eigenvalue weighted by molar-refractivity contribution is 9.10. The lowest BCUT2D eigenvalue weighted by atomic mass is 9.96. The van der Waals surface area contributed by atoms with Gasteiger partial charge in [0, 0.05) is 23.2 Å². The smallest absolute Gasteiger partial charge is 0.228 e. The van der Waals surface area contributed by atoms with E-state index < -0.39 is 0 Å². The Hall–Kier alpha value is -1.72. The van der Waals surface area contributed by atoms with Gasteiger partial charge in [0.2, 0.25) is 5.91 Å². The van der Waals surface area contributed by atoms with Crippen LogP contribution in [0.4, 0.5) is 10.1 Å². The largest absolute Gasteiger partial charge is 0.326 e. The van der Waals surface area contributed by atoms with E-state index in [2.05, 4.69) is 26.1 Å². The molecule has 126 valence electrons. The number of nitrogens with zero attached hydrogens (tertiary/aromatic N) is 1. The zero-order valence-corrected chi connectivity index (χ0v) is 14.9. The van der Waals surface area contributed by atoms with Crippen molar-refractivity contribution in [2.24, 2.45) is 5.92 Å². The van der Waals surface area contributed by atoms with Crippen LogP contribution in [-0.4, -0.2) is 23.9 Å². The molecule has 0 saturated carbocycles. The second-order valence-electron chi connectivity index (χ2n) is 6.20. The van der Waals surface area contributed by atoms with Gasteiger partial charge in [-0.05, 0) is 55.3 Å². The second kappa shape index (κ2) is 7.90. The minimum Gasteiger partial charge on any atom is -0.326 e. The number of carbonyl (C=O) groups is 1. The third-order valence-corrected chi connectivity index (χ3v) is 4.78. The summed E-state index contributed by atoms with van der Waals surface area (Å²) in [6, 6.07) is 14.2. The Morgan fingerprint density at radius 3 is 2.79 bits per heavy atom. The second-order valence-corrected chi connectivity index (χ2v) is 7.12. The summed E-state index contributed by atoms with van der Waals surface area (Å²) in [5, 5.41) is 3.00. The molecule has 1 aliphatic rings. The fraction of sp³-hybridized carbons (Fsp3) is 0.316. The first-order valence-electron chi connectivity index (χ1n) is 8.13. The fourth-order valence-electron chi connectivity index (χ4n) is 3.07. The van der Waals surface area contributed by atoms with Crippen LogP contribution in [0, 0.1) is 11.7 Å². The van der Waals surface area contributed by atoms with E-state index in [-0.39, 0.29) is 17.6 Å². The molecule has 1 aliphatic heterocycles. The van der Waals surface area contributed by atoms with Gasteiger partial charge in [-0.1, -0.05) is 34.1 Å². The number of nitrogens with one attached hydrogen (secondary N) is 1. The lowest BCUT2D eigenvalue weighted by Crippen LogP contribution is -2.40. The number of rotatable bonds is 4. The molecule has 1 heterocycles. The van der Waals surface area contributed by atoms with Crippen molar-refractivity contribution in [3.63, 3.8) is 0 Å². The molecule has 24 heavy (non-hydrogen) atoms. The molecule has 1 amide bonds. The molecular weight excluding hydrogens is 371 g/mol. The molecule has 3 nitrogen and oxygen atoms in total. The number of hydrogen-bond acceptors (Lipinski definition) is 2. The van der Waals surface area contributed by atoms with Gasteiger partial charge < -0.3 is 5.32 Å². The van der Waals surface area contributed by atoms with E-state index in [0.717, 1.165) is 48.2 Å². The van der Waals surface area contributed by atoms with Crippen molar-refractivity contribution < 1.29 is 9.18 Å². The van der Waals surface area contributed by atoms with Gasteiger partial charge >= 0.3 is 0 Å². The van der Waals surface area contributed by atoms with Crippen LogP contribution in [-0.2, 0) is 11.3 Å². The number of amides is 1. The summed E-state index contributed by atoms with van der Waals surface area (Å²) < 4.78 is 13.9. The third kappa shape index (κ3) is 4.65. The molecule has 0 unspecified atom stereocenters. The molecule has 0 spiro atoms. The molecule has 1 atom stereocenters. The van der Waals surface area contributed by atoms with Crippen LogP contribution in [0.1, 0.15) is 18.4 Å². The Balaban J connectivity index is 1.58. The lowest BCUT2D eigenvalue weighted by molar-refractivity contribution is -0.121. The Bertz CT molecular complexity index is 705. The van der Waals surface area contributed by atoms with E-state index in [9.17, 15) is 9.18 Å². The van der Waals surface area contributed by atoms with Crippen molar-refractivity contribution in [1.29, 1.82) is 0 Å². The molecule has 0 aliphatic carbocycles. The summed E-state index contributed by atoms with van der Waals surface area (Å²) in [6.45, 7) is 2.45. The molecule has 2 aromatic rings. The highest BCUT2D eigenvalue weighted by atomic mass is 79.9. The number of halogens is 2. The van der Waals surface area contributed by atoms with E-state index in [4.69, 9.17) is 0 Å². The van der Waals surface area contributed by atoms with Crippen LogP contribution in [0.3, 0.4) is 0 Å². The molecule has 1 fully saturated rings. The first-order chi connectivity index (χ1) is 11.6. The van der Waals surface area contributed by atoms with Gasteiger partial charge in [-0.3, -0.25) is 9.69 Å². The maximum Gasteiger partial charge on any atom is 0.228 e. The Kier molecular flexibility index (Phi) is 5.63. The van der Waals surface area contributed by atoms with Crippen molar-refractivity contribution >= 4 is 27.5 Å². The molecule has 0 aromatic heterocycles. The van der Waals surface area contributed by atoms with Gasteiger partial charge in [-0.15, -0.1) is 0 Å². The first kappa shape index (κ1) is 17.1. The van der Waals surface area contributed by atoms with E-state index in [1.54, 1.807) is 12.1 Å². The molecule has 0 radical (unpaired) electrons. The minimum absolute atomic E-state index is 0.0156. The first-order valence-corrected chi connectivity index (χ1v) is 8.93. The predicted octanol–water partition coefficient (Wildman–Crippen LogP) is 4.44. The van der Waals surface area contributed by atoms with Gasteiger partial charge in [-0.25, -0.2) is 4.39 Å². The zero-order valence-electron chi connectivity index (χ0n) is 13.3. The number of piperidine rings is 1. The van der Waals surface area contributed by atoms with Gasteiger partial charge in [0.1, 0.15) is 5.82 Å². The quantitative estimate of drug-likeness (QED) is 0.836. The normalized spacial score (nSPS) is 18.3. The maximum atomic E-state index is 13.0. The van der Waals surface area contributed by atoms with Crippen molar-refractivity contribution in [2.75, 3.05) is 18.4 Å². The summed E-state index contributed by atoms with van der Waals surface area (Å²) in [5.74, 6) is -0.168. The average Bonchev–Trinajstić information content (AvgIpc) is 2.57. The van der Waals surface area contributed by atoms with Crippen molar-refractivity contribution in [3.8, 4) is 0 Å². The van der Waals surface area contributed by atoms with Gasteiger partial charge in [0.15, 0.2) is 0 Å². The standard InChI is InChI=1S/C19H20BrFN2O/c20-16-4-1-5-18(11-16)22-19(24)15-3-2-10-23(13-15)12-14-6-8-17(21)9-7-14/h1,4-9,11,15H,2-3,10,12-13H2,(H,22,24)/t15-/m1/s1. The Labute approximate surface area is 150 Å². The topological polar surface area (TPSA) is 32.3 Å². The summed E-state index contributed by atoms with van der Waals surface area (Å²) in [4.78, 5) is 14.8. The van der Waals surface area contributed by atoms with Crippen LogP contribution >= 0.6 is 15.9 Å². The Morgan fingerprint density at radius 1 is 1.25 bits per heavy atom. The number of likely N-dealkylation sites (tertiary alicyclic amines) is 1. The number of anilines is 1. The summed E-state index contributed by atoms with van der Waals surface area (Å²) in [5.41, 5.74) is 1.88. The van der Waals surface area contributed by atoms with Crippen LogP contribution in [0.15, 0.2) is 53.0 Å². The van der Waals surface area contributed by atoms with Crippen LogP contribution in [0.2, 0.25) is 0 Å². The molecule has 3 rings (SSSR count). The monoisotopic (exact) mass is 390 g/mol. The maximum absolute atomic E-state index is 13.0. The summed E-state index contributed by atoms with van der Waals surface area (Å²) >= 11 is 3.41. The number of benzene rings is 2. The van der Waals surface area contributed by atoms with Crippen LogP contribution in [0.25, 0.3) is 0 Å². The summed E-state index contributed by atoms with van der Waals surface area (Å²) in [7, 11) is 0. The van der Waals surface area contributed by atoms with Gasteiger partial charge in [0.05, 0.1) is 5.92 Å². The Morgan fingerprint density at radius 2 is 2.04 bits per heavy atom. The number of hydrogen-bond donors (Lipinski definition) is 1. The lowest BCUT2D eigenvalue weighted by Gasteiger charge is -2.32. The van der Waals surface area contributed by atoms with Crippen molar-refractivity contribution in [3.05, 3.63) is 64.4 Å². The molecule has 2 aromatic carbocycles. The van der Waals surface area contributed by atoms with E-state index in [1.165, 1.54) is 12.1 Å². The zero-order chi connectivity index (χ0) is 16.9. The minimum atomic E-state index is -0.219. The molecule has 0 bridgehead atoms. The van der Waals surface area contributed by atoms with Crippen LogP contribution < -0.4 is 5.32 Å². The average molecular weight is 391 g/mol. The fourth-order valence-corrected chi connectivity index (χ4v) is 3.47. The molecule has 1 saturated heterocycles. The van der Waals surface area contributed by atoms with Gasteiger partial charge in [0.25, 0.3) is 0 Å². The van der Waals surface area contributed by atoms with Crippen molar-refractivity contribution in [1.82, 2.24) is 4.90 Å². The van der Waals surface area contributed by atoms with Crippen molar-refractivity contribution in [2.45, 2.75) is 19.4 Å². The van der Waals surface area contributed by atoms with Crippen LogP contribution in [0.5, 0.6) is 0 Å². The van der Waals surface area contributed by atoms with E-state index in [0.29, 0.717) is 0 Å². The molecule has 1 N–H and O–H groups in total. The van der Waals surface area contributed by atoms with E-state index >= 15 is 0 Å². The molecule has 5 heteroatoms. The van der Waals surface area contributed by atoms with E-state index in [1.807, 2.05) is 24.3 Å².